The molecule has 2 rings (SSSR count). The molecule has 8 heteroatoms. The van der Waals surface area contributed by atoms with Crippen LogP contribution >= 0.6 is 0 Å². The van der Waals surface area contributed by atoms with Crippen LogP contribution in [-0.4, -0.2) is 29.5 Å². The van der Waals surface area contributed by atoms with Gasteiger partial charge >= 0.3 is 6.18 Å². The third kappa shape index (κ3) is 3.92. The summed E-state index contributed by atoms with van der Waals surface area (Å²) >= 11 is 0. The van der Waals surface area contributed by atoms with Crippen molar-refractivity contribution in [2.45, 2.75) is 51.1 Å². The van der Waals surface area contributed by atoms with Crippen LogP contribution in [0.2, 0.25) is 0 Å². The highest BCUT2D eigenvalue weighted by molar-refractivity contribution is 4.89. The van der Waals surface area contributed by atoms with Gasteiger partial charge in [-0.1, -0.05) is 18.0 Å². The fourth-order valence-corrected chi connectivity index (χ4v) is 2.54. The van der Waals surface area contributed by atoms with Crippen LogP contribution in [-0.2, 0) is 17.9 Å². The maximum atomic E-state index is 12.9. The SMILES string of the molecule is COCc1noc(CN[C@H]2CCCC[C@H]2C(F)(F)F)n1. The maximum Gasteiger partial charge on any atom is 0.393 e. The van der Waals surface area contributed by atoms with Gasteiger partial charge in [-0.15, -0.1) is 0 Å². The van der Waals surface area contributed by atoms with E-state index in [1.807, 2.05) is 0 Å². The fourth-order valence-electron chi connectivity index (χ4n) is 2.54. The van der Waals surface area contributed by atoms with Gasteiger partial charge < -0.3 is 14.6 Å². The van der Waals surface area contributed by atoms with E-state index in [0.29, 0.717) is 18.7 Å². The van der Waals surface area contributed by atoms with Gasteiger partial charge in [0.2, 0.25) is 5.89 Å². The second kappa shape index (κ2) is 6.53. The minimum absolute atomic E-state index is 0.147. The van der Waals surface area contributed by atoms with Gasteiger partial charge in [0.25, 0.3) is 0 Å². The van der Waals surface area contributed by atoms with Gasteiger partial charge in [-0.05, 0) is 12.8 Å². The first kappa shape index (κ1) is 15.2. The van der Waals surface area contributed by atoms with E-state index in [4.69, 9.17) is 9.26 Å². The summed E-state index contributed by atoms with van der Waals surface area (Å²) in [6, 6.07) is -0.582. The second-order valence-electron chi connectivity index (χ2n) is 4.96. The summed E-state index contributed by atoms with van der Waals surface area (Å²) in [5.74, 6) is -0.624. The van der Waals surface area contributed by atoms with Crippen molar-refractivity contribution in [2.75, 3.05) is 7.11 Å². The van der Waals surface area contributed by atoms with E-state index in [9.17, 15) is 13.2 Å². The van der Waals surface area contributed by atoms with Crippen LogP contribution < -0.4 is 5.32 Å². The molecule has 1 heterocycles. The van der Waals surface area contributed by atoms with Gasteiger partial charge in [0.05, 0.1) is 12.5 Å². The van der Waals surface area contributed by atoms with Gasteiger partial charge in [0.15, 0.2) is 5.82 Å². The Balaban J connectivity index is 1.90. The number of hydrogen-bond donors (Lipinski definition) is 1. The predicted molar refractivity (Wildman–Crippen MR) is 63.7 cm³/mol. The molecule has 1 saturated carbocycles. The number of ether oxygens (including phenoxy) is 1. The average molecular weight is 293 g/mol. The second-order valence-corrected chi connectivity index (χ2v) is 4.96. The Morgan fingerprint density at radius 3 is 2.80 bits per heavy atom. The van der Waals surface area contributed by atoms with E-state index in [-0.39, 0.29) is 25.5 Å². The molecule has 114 valence electrons. The summed E-state index contributed by atoms with van der Waals surface area (Å²) in [7, 11) is 1.50. The smallest absolute Gasteiger partial charge is 0.377 e. The Morgan fingerprint density at radius 2 is 2.10 bits per heavy atom. The normalized spacial score (nSPS) is 24.0. The van der Waals surface area contributed by atoms with Crippen LogP contribution in [0.15, 0.2) is 4.52 Å². The largest absolute Gasteiger partial charge is 0.393 e. The maximum absolute atomic E-state index is 12.9. The van der Waals surface area contributed by atoms with Crippen LogP contribution in [0.1, 0.15) is 37.4 Å². The summed E-state index contributed by atoms with van der Waals surface area (Å²) in [4.78, 5) is 4.03. The van der Waals surface area contributed by atoms with Gasteiger partial charge in [-0.3, -0.25) is 0 Å². The molecule has 2 atom stereocenters. The first-order valence-electron chi connectivity index (χ1n) is 6.61. The number of alkyl halides is 3. The van der Waals surface area contributed by atoms with E-state index < -0.39 is 18.1 Å². The van der Waals surface area contributed by atoms with Crippen LogP contribution in [0.3, 0.4) is 0 Å². The number of methoxy groups -OCH3 is 1. The van der Waals surface area contributed by atoms with Crippen molar-refractivity contribution < 1.29 is 22.4 Å². The molecule has 0 aliphatic heterocycles. The van der Waals surface area contributed by atoms with Crippen LogP contribution in [0, 0.1) is 5.92 Å². The molecule has 20 heavy (non-hydrogen) atoms. The summed E-state index contributed by atoms with van der Waals surface area (Å²) in [5.41, 5.74) is 0. The predicted octanol–water partition coefficient (Wildman–Crippen LogP) is 2.43. The zero-order chi connectivity index (χ0) is 14.6. The molecule has 1 aliphatic rings. The molecular formula is C12H18F3N3O2. The van der Waals surface area contributed by atoms with Crippen molar-refractivity contribution in [3.05, 3.63) is 11.7 Å². The number of hydrogen-bond acceptors (Lipinski definition) is 5. The van der Waals surface area contributed by atoms with Crippen LogP contribution in [0.5, 0.6) is 0 Å². The standard InChI is InChI=1S/C12H18F3N3O2/c1-19-7-10-17-11(20-18-10)6-16-9-5-3-2-4-8(9)12(13,14)15/h8-9,16H,2-7H2,1H3/t8-,9+/m1/s1. The Morgan fingerprint density at radius 1 is 1.35 bits per heavy atom. The molecule has 1 aliphatic carbocycles. The zero-order valence-corrected chi connectivity index (χ0v) is 11.2. The molecule has 0 amide bonds. The summed E-state index contributed by atoms with van der Waals surface area (Å²) in [6.07, 6.45) is -2.03. The highest BCUT2D eigenvalue weighted by Crippen LogP contribution is 2.37. The van der Waals surface area contributed by atoms with Gasteiger partial charge in [0.1, 0.15) is 6.61 Å². The van der Waals surface area contributed by atoms with Crippen LogP contribution in [0.4, 0.5) is 13.2 Å². The molecule has 0 radical (unpaired) electrons. The van der Waals surface area contributed by atoms with Gasteiger partial charge in [-0.25, -0.2) is 0 Å². The van der Waals surface area contributed by atoms with E-state index >= 15 is 0 Å². The minimum atomic E-state index is -4.16. The molecule has 0 saturated heterocycles. The Labute approximate surface area is 114 Å². The molecule has 1 fully saturated rings. The molecule has 0 bridgehead atoms. The Hall–Kier alpha value is -1.15. The summed E-state index contributed by atoms with van der Waals surface area (Å²) in [5, 5.41) is 6.56. The van der Waals surface area contributed by atoms with Crippen LogP contribution in [0.25, 0.3) is 0 Å². The van der Waals surface area contributed by atoms with E-state index in [0.717, 1.165) is 6.42 Å². The van der Waals surface area contributed by atoms with Crippen molar-refractivity contribution in [3.8, 4) is 0 Å². The molecule has 1 aromatic rings. The first-order chi connectivity index (χ1) is 9.50. The van der Waals surface area contributed by atoms with Gasteiger partial charge in [-0.2, -0.15) is 18.2 Å². The molecule has 0 aromatic carbocycles. The van der Waals surface area contributed by atoms with Crippen molar-refractivity contribution in [1.82, 2.24) is 15.5 Å². The average Bonchev–Trinajstić information content (AvgIpc) is 2.84. The molecule has 0 unspecified atom stereocenters. The fraction of sp³-hybridized carbons (Fsp3) is 0.833. The molecule has 1 aromatic heterocycles. The lowest BCUT2D eigenvalue weighted by molar-refractivity contribution is -0.189. The van der Waals surface area contributed by atoms with Crippen molar-refractivity contribution >= 4 is 0 Å². The molecule has 5 nitrogen and oxygen atoms in total. The van der Waals surface area contributed by atoms with Crippen molar-refractivity contribution in [3.63, 3.8) is 0 Å². The van der Waals surface area contributed by atoms with Crippen molar-refractivity contribution in [1.29, 1.82) is 0 Å². The lowest BCUT2D eigenvalue weighted by Crippen LogP contribution is -2.45. The van der Waals surface area contributed by atoms with E-state index in [1.54, 1.807) is 0 Å². The van der Waals surface area contributed by atoms with E-state index in [1.165, 1.54) is 7.11 Å². The Kier molecular flexibility index (Phi) is 4.98. The molecule has 1 N–H and O–H groups in total. The lowest BCUT2D eigenvalue weighted by atomic mass is 9.84. The number of halogens is 3. The highest BCUT2D eigenvalue weighted by Gasteiger charge is 2.45. The number of nitrogens with one attached hydrogen (secondary N) is 1. The number of rotatable bonds is 5. The van der Waals surface area contributed by atoms with Crippen molar-refractivity contribution in [2.24, 2.45) is 5.92 Å². The van der Waals surface area contributed by atoms with Gasteiger partial charge in [0, 0.05) is 13.2 Å². The van der Waals surface area contributed by atoms with E-state index in [2.05, 4.69) is 15.5 Å². The Bertz CT molecular complexity index is 422. The topological polar surface area (TPSA) is 60.2 Å². The molecular weight excluding hydrogens is 275 g/mol. The number of nitrogens with zero attached hydrogens (tertiary/aromatic N) is 2. The number of aromatic nitrogens is 2. The third-order valence-corrected chi connectivity index (χ3v) is 3.49. The monoisotopic (exact) mass is 293 g/mol. The summed E-state index contributed by atoms with van der Waals surface area (Å²) in [6.45, 7) is 0.367. The molecule has 0 spiro atoms. The summed E-state index contributed by atoms with van der Waals surface area (Å²) < 4.78 is 48.5. The zero-order valence-electron chi connectivity index (χ0n) is 11.2. The lowest BCUT2D eigenvalue weighted by Gasteiger charge is -2.33. The third-order valence-electron chi connectivity index (χ3n) is 3.49. The minimum Gasteiger partial charge on any atom is -0.377 e. The highest BCUT2D eigenvalue weighted by atomic mass is 19.4. The first-order valence-corrected chi connectivity index (χ1v) is 6.61. The quantitative estimate of drug-likeness (QED) is 0.903.